The first kappa shape index (κ1) is 12.1. The second-order valence-corrected chi connectivity index (χ2v) is 5.88. The summed E-state index contributed by atoms with van der Waals surface area (Å²) in [5.41, 5.74) is 9.64. The predicted octanol–water partition coefficient (Wildman–Crippen LogP) is 2.79. The van der Waals surface area contributed by atoms with Gasteiger partial charge in [0.15, 0.2) is 0 Å². The van der Waals surface area contributed by atoms with Crippen molar-refractivity contribution in [3.8, 4) is 0 Å². The summed E-state index contributed by atoms with van der Waals surface area (Å²) < 4.78 is 0. The van der Waals surface area contributed by atoms with Crippen LogP contribution >= 0.6 is 0 Å². The Hall–Kier alpha value is -1.35. The van der Waals surface area contributed by atoms with Crippen molar-refractivity contribution in [2.24, 2.45) is 11.1 Å². The zero-order valence-corrected chi connectivity index (χ0v) is 11.0. The summed E-state index contributed by atoms with van der Waals surface area (Å²) in [4.78, 5) is 7.92. The van der Waals surface area contributed by atoms with Gasteiger partial charge in [-0.3, -0.25) is 0 Å². The Morgan fingerprint density at radius 2 is 2.06 bits per heavy atom. The van der Waals surface area contributed by atoms with Gasteiger partial charge in [0.2, 0.25) is 0 Å². The smallest absolute Gasteiger partial charge is 0.108 e. The average Bonchev–Trinajstić information content (AvgIpc) is 2.57. The van der Waals surface area contributed by atoms with E-state index in [1.807, 2.05) is 6.07 Å². The number of rotatable bonds is 2. The minimum Gasteiger partial charge on any atom is -0.342 e. The fourth-order valence-electron chi connectivity index (χ4n) is 1.79. The van der Waals surface area contributed by atoms with Gasteiger partial charge in [-0.1, -0.05) is 26.8 Å². The topological polar surface area (TPSA) is 54.7 Å². The molecule has 2 rings (SSSR count). The minimum absolute atomic E-state index is 0.106. The van der Waals surface area contributed by atoms with Crippen LogP contribution in [-0.4, -0.2) is 16.0 Å². The summed E-state index contributed by atoms with van der Waals surface area (Å²) in [6, 6.07) is 6.36. The van der Waals surface area contributed by atoms with Crippen molar-refractivity contribution in [2.45, 2.75) is 40.2 Å². The molecule has 1 aromatic carbocycles. The summed E-state index contributed by atoms with van der Waals surface area (Å²) >= 11 is 0. The lowest BCUT2D eigenvalue weighted by Gasteiger charge is -2.26. The van der Waals surface area contributed by atoms with Gasteiger partial charge in [0.25, 0.3) is 0 Å². The normalized spacial score (nSPS) is 14.2. The van der Waals surface area contributed by atoms with E-state index in [4.69, 9.17) is 5.73 Å². The van der Waals surface area contributed by atoms with Gasteiger partial charge in [-0.05, 0) is 30.0 Å². The van der Waals surface area contributed by atoms with Gasteiger partial charge in [0.05, 0.1) is 11.0 Å². The molecule has 1 aromatic heterocycles. The van der Waals surface area contributed by atoms with Crippen LogP contribution in [0.2, 0.25) is 0 Å². The Kier molecular flexibility index (Phi) is 2.96. The van der Waals surface area contributed by atoms with Gasteiger partial charge in [-0.15, -0.1) is 0 Å². The molecule has 0 spiro atoms. The Morgan fingerprint density at radius 3 is 2.71 bits per heavy atom. The molecule has 1 unspecified atom stereocenters. The van der Waals surface area contributed by atoms with E-state index in [-0.39, 0.29) is 11.5 Å². The number of fused-ring (bicyclic) bond motifs is 1. The molecule has 0 bridgehead atoms. The van der Waals surface area contributed by atoms with Crippen molar-refractivity contribution in [1.29, 1.82) is 0 Å². The highest BCUT2D eigenvalue weighted by Crippen LogP contribution is 2.21. The fourth-order valence-corrected chi connectivity index (χ4v) is 1.79. The second kappa shape index (κ2) is 4.15. The molecule has 0 aliphatic rings. The molecule has 0 aliphatic heterocycles. The molecule has 0 aliphatic carbocycles. The Labute approximate surface area is 102 Å². The van der Waals surface area contributed by atoms with Gasteiger partial charge in [-0.2, -0.15) is 0 Å². The molecule has 0 amide bonds. The van der Waals surface area contributed by atoms with Crippen LogP contribution < -0.4 is 5.73 Å². The van der Waals surface area contributed by atoms with Crippen LogP contribution in [0.3, 0.4) is 0 Å². The maximum Gasteiger partial charge on any atom is 0.108 e. The summed E-state index contributed by atoms with van der Waals surface area (Å²) in [6.07, 6.45) is 0.789. The van der Waals surface area contributed by atoms with E-state index in [0.29, 0.717) is 0 Å². The van der Waals surface area contributed by atoms with Crippen molar-refractivity contribution in [1.82, 2.24) is 9.97 Å². The first-order chi connectivity index (χ1) is 7.86. The lowest BCUT2D eigenvalue weighted by Crippen LogP contribution is -2.37. The Balaban J connectivity index is 2.25. The molecule has 3 N–H and O–H groups in total. The van der Waals surface area contributed by atoms with Crippen molar-refractivity contribution in [3.05, 3.63) is 29.6 Å². The zero-order valence-electron chi connectivity index (χ0n) is 11.0. The van der Waals surface area contributed by atoms with Crippen molar-refractivity contribution < 1.29 is 0 Å². The highest BCUT2D eigenvalue weighted by Gasteiger charge is 2.21. The van der Waals surface area contributed by atoms with Crippen LogP contribution in [0.4, 0.5) is 0 Å². The van der Waals surface area contributed by atoms with Crippen LogP contribution in [0, 0.1) is 12.3 Å². The number of nitrogens with one attached hydrogen (secondary N) is 1. The van der Waals surface area contributed by atoms with Gasteiger partial charge in [-0.25, -0.2) is 4.98 Å². The molecule has 17 heavy (non-hydrogen) atoms. The molecule has 92 valence electrons. The summed E-state index contributed by atoms with van der Waals surface area (Å²) in [5.74, 6) is 0.980. The van der Waals surface area contributed by atoms with E-state index in [9.17, 15) is 0 Å². The Bertz CT molecular complexity index is 520. The Morgan fingerprint density at radius 1 is 1.35 bits per heavy atom. The molecule has 0 radical (unpaired) electrons. The van der Waals surface area contributed by atoms with Crippen LogP contribution in [0.5, 0.6) is 0 Å². The van der Waals surface area contributed by atoms with Crippen LogP contribution in [0.25, 0.3) is 11.0 Å². The van der Waals surface area contributed by atoms with E-state index < -0.39 is 0 Å². The van der Waals surface area contributed by atoms with Crippen LogP contribution in [-0.2, 0) is 6.42 Å². The third-order valence-corrected chi connectivity index (χ3v) is 3.21. The maximum atomic E-state index is 6.17. The molecule has 2 aromatic rings. The van der Waals surface area contributed by atoms with E-state index in [0.717, 1.165) is 23.3 Å². The van der Waals surface area contributed by atoms with Crippen LogP contribution in [0.15, 0.2) is 18.2 Å². The highest BCUT2D eigenvalue weighted by atomic mass is 14.9. The molecular formula is C14H21N3. The van der Waals surface area contributed by atoms with E-state index in [2.05, 4.69) is 49.8 Å². The molecule has 1 heterocycles. The predicted molar refractivity (Wildman–Crippen MR) is 72.0 cm³/mol. The number of aryl methyl sites for hydroxylation is 1. The average molecular weight is 231 g/mol. The number of aromatic amines is 1. The number of hydrogen-bond donors (Lipinski definition) is 2. The molecular weight excluding hydrogens is 210 g/mol. The summed E-state index contributed by atoms with van der Waals surface area (Å²) in [5, 5.41) is 0. The first-order valence-corrected chi connectivity index (χ1v) is 6.07. The van der Waals surface area contributed by atoms with Gasteiger partial charge >= 0.3 is 0 Å². The van der Waals surface area contributed by atoms with Gasteiger partial charge in [0.1, 0.15) is 5.82 Å². The number of imidazole rings is 1. The molecule has 0 saturated heterocycles. The van der Waals surface area contributed by atoms with Crippen LogP contribution in [0.1, 0.15) is 32.2 Å². The second-order valence-electron chi connectivity index (χ2n) is 5.88. The fraction of sp³-hybridized carbons (Fsp3) is 0.500. The van der Waals surface area contributed by atoms with E-state index >= 15 is 0 Å². The quantitative estimate of drug-likeness (QED) is 0.835. The summed E-state index contributed by atoms with van der Waals surface area (Å²) in [7, 11) is 0. The molecule has 0 saturated carbocycles. The SMILES string of the molecule is Cc1ccc2nc(CC(N)C(C)(C)C)[nH]c2c1. The third-order valence-electron chi connectivity index (χ3n) is 3.21. The van der Waals surface area contributed by atoms with Crippen molar-refractivity contribution in [3.63, 3.8) is 0 Å². The summed E-state index contributed by atoms with van der Waals surface area (Å²) in [6.45, 7) is 8.56. The minimum atomic E-state index is 0.106. The number of aromatic nitrogens is 2. The number of hydrogen-bond acceptors (Lipinski definition) is 2. The van der Waals surface area contributed by atoms with Crippen molar-refractivity contribution >= 4 is 11.0 Å². The lowest BCUT2D eigenvalue weighted by atomic mass is 9.85. The molecule has 1 atom stereocenters. The van der Waals surface area contributed by atoms with Gasteiger partial charge in [0, 0.05) is 12.5 Å². The third kappa shape index (κ3) is 2.67. The zero-order chi connectivity index (χ0) is 12.6. The number of benzene rings is 1. The molecule has 3 nitrogen and oxygen atoms in total. The van der Waals surface area contributed by atoms with Gasteiger partial charge < -0.3 is 10.7 Å². The van der Waals surface area contributed by atoms with E-state index in [1.54, 1.807) is 0 Å². The maximum absolute atomic E-state index is 6.17. The van der Waals surface area contributed by atoms with Crippen molar-refractivity contribution in [2.75, 3.05) is 0 Å². The standard InChI is InChI=1S/C14H21N3/c1-9-5-6-10-11(7-9)17-13(16-10)8-12(15)14(2,3)4/h5-7,12H,8,15H2,1-4H3,(H,16,17). The number of H-pyrrole nitrogens is 1. The largest absolute Gasteiger partial charge is 0.342 e. The molecule has 3 heteroatoms. The monoisotopic (exact) mass is 231 g/mol. The number of nitrogens with zero attached hydrogens (tertiary/aromatic N) is 1. The lowest BCUT2D eigenvalue weighted by molar-refractivity contribution is 0.315. The van der Waals surface area contributed by atoms with E-state index in [1.165, 1.54) is 5.56 Å². The molecule has 0 fully saturated rings. The number of nitrogens with two attached hydrogens (primary N) is 1. The highest BCUT2D eigenvalue weighted by molar-refractivity contribution is 5.75. The first-order valence-electron chi connectivity index (χ1n) is 6.07.